The van der Waals surface area contributed by atoms with E-state index >= 15 is 0 Å². The predicted octanol–water partition coefficient (Wildman–Crippen LogP) is 4.76. The van der Waals surface area contributed by atoms with E-state index in [0.29, 0.717) is 31.6 Å². The van der Waals surface area contributed by atoms with E-state index in [9.17, 15) is 0 Å². The van der Waals surface area contributed by atoms with E-state index < -0.39 is 0 Å². The summed E-state index contributed by atoms with van der Waals surface area (Å²) in [6, 6.07) is 9.76. The second kappa shape index (κ2) is 10.5. The number of aromatic nitrogens is 1. The van der Waals surface area contributed by atoms with E-state index in [-0.39, 0.29) is 24.0 Å². The molecule has 0 amide bonds. The Kier molecular flexibility index (Phi) is 7.76. The Morgan fingerprint density at radius 2 is 2.07 bits per heavy atom. The maximum atomic E-state index is 5.75. The van der Waals surface area contributed by atoms with Crippen molar-refractivity contribution in [1.29, 1.82) is 0 Å². The molecule has 0 spiro atoms. The fourth-order valence-electron chi connectivity index (χ4n) is 2.74. The molecule has 0 fully saturated rings. The molecule has 3 aromatic rings. The Morgan fingerprint density at radius 3 is 2.86 bits per heavy atom. The van der Waals surface area contributed by atoms with Crippen LogP contribution in [0.25, 0.3) is 10.8 Å². The van der Waals surface area contributed by atoms with Gasteiger partial charge in [-0.25, -0.2) is 9.98 Å². The molecule has 9 heteroatoms. The summed E-state index contributed by atoms with van der Waals surface area (Å²) in [5, 5.41) is 8.54. The van der Waals surface area contributed by atoms with Crippen LogP contribution in [-0.2, 0) is 6.54 Å². The van der Waals surface area contributed by atoms with Crippen molar-refractivity contribution in [1.82, 2.24) is 10.3 Å². The van der Waals surface area contributed by atoms with Gasteiger partial charge in [0.05, 0.1) is 24.6 Å². The first-order valence-corrected chi connectivity index (χ1v) is 10.1. The van der Waals surface area contributed by atoms with Crippen LogP contribution in [0, 0.1) is 0 Å². The van der Waals surface area contributed by atoms with Gasteiger partial charge in [-0.05, 0) is 30.5 Å². The Balaban J connectivity index is 0.00000240. The third-order valence-electron chi connectivity index (χ3n) is 4.04. The van der Waals surface area contributed by atoms with Gasteiger partial charge in [0.15, 0.2) is 17.5 Å². The van der Waals surface area contributed by atoms with Crippen LogP contribution >= 0.6 is 35.3 Å². The number of ether oxygens (including phenoxy) is 2. The van der Waals surface area contributed by atoms with Crippen LogP contribution in [0.1, 0.15) is 19.0 Å². The average molecular weight is 526 g/mol. The Bertz CT molecular complexity index is 943. The van der Waals surface area contributed by atoms with Crippen LogP contribution in [0.4, 0.5) is 5.69 Å². The first kappa shape index (κ1) is 21.4. The van der Waals surface area contributed by atoms with Gasteiger partial charge in [0.1, 0.15) is 12.0 Å². The molecule has 0 atom stereocenters. The van der Waals surface area contributed by atoms with E-state index in [1.807, 2.05) is 42.6 Å². The molecule has 0 unspecified atom stereocenters. The number of halogens is 1. The van der Waals surface area contributed by atoms with E-state index in [1.54, 1.807) is 17.6 Å². The van der Waals surface area contributed by atoms with Gasteiger partial charge in [0.2, 0.25) is 5.89 Å². The molecule has 1 aliphatic rings. The van der Waals surface area contributed by atoms with E-state index in [1.165, 1.54) is 0 Å². The highest BCUT2D eigenvalue weighted by Gasteiger charge is 2.12. The number of aliphatic imine (C=N–C) groups is 1. The molecule has 0 saturated carbocycles. The van der Waals surface area contributed by atoms with Gasteiger partial charge in [-0.15, -0.1) is 35.3 Å². The van der Waals surface area contributed by atoms with Crippen molar-refractivity contribution in [2.75, 3.05) is 25.1 Å². The summed E-state index contributed by atoms with van der Waals surface area (Å²) in [7, 11) is 0. The summed E-state index contributed by atoms with van der Waals surface area (Å²) in [6.45, 7) is 4.51. The first-order valence-electron chi connectivity index (χ1n) is 9.25. The third kappa shape index (κ3) is 5.63. The second-order valence-corrected chi connectivity index (χ2v) is 7.10. The number of nitrogens with zero attached hydrogens (tertiary/aromatic N) is 2. The number of guanidine groups is 1. The van der Waals surface area contributed by atoms with E-state index in [2.05, 4.69) is 20.6 Å². The lowest BCUT2D eigenvalue weighted by molar-refractivity contribution is 0.297. The predicted molar refractivity (Wildman–Crippen MR) is 126 cm³/mol. The highest BCUT2D eigenvalue weighted by atomic mass is 127. The number of anilines is 1. The molecular formula is C20H23IN4O3S. The van der Waals surface area contributed by atoms with Gasteiger partial charge < -0.3 is 24.5 Å². The molecule has 0 saturated heterocycles. The summed E-state index contributed by atoms with van der Waals surface area (Å²) in [6.07, 6.45) is 2.53. The number of rotatable bonds is 5. The minimum atomic E-state index is 0. The fourth-order valence-corrected chi connectivity index (χ4v) is 3.39. The second-order valence-electron chi connectivity index (χ2n) is 6.15. The SMILES string of the molecule is CCNC(=NCc1coc(-c2cccs2)n1)Nc1ccc2c(c1)OCCCO2.I. The van der Waals surface area contributed by atoms with Gasteiger partial charge in [-0.3, -0.25) is 0 Å². The van der Waals surface area contributed by atoms with Crippen LogP contribution in [0.2, 0.25) is 0 Å². The number of thiophene rings is 1. The minimum Gasteiger partial charge on any atom is -0.490 e. The van der Waals surface area contributed by atoms with E-state index in [0.717, 1.165) is 40.7 Å². The molecule has 29 heavy (non-hydrogen) atoms. The van der Waals surface area contributed by atoms with E-state index in [4.69, 9.17) is 13.9 Å². The zero-order valence-electron chi connectivity index (χ0n) is 16.0. The quantitative estimate of drug-likeness (QED) is 0.284. The summed E-state index contributed by atoms with van der Waals surface area (Å²) in [5.41, 5.74) is 1.66. The van der Waals surface area contributed by atoms with Crippen LogP contribution in [0.5, 0.6) is 11.5 Å². The maximum Gasteiger partial charge on any atom is 0.236 e. The summed E-state index contributed by atoms with van der Waals surface area (Å²) < 4.78 is 17.0. The maximum absolute atomic E-state index is 5.75. The average Bonchev–Trinajstić information content (AvgIpc) is 3.34. The van der Waals surface area contributed by atoms with Gasteiger partial charge in [0.25, 0.3) is 0 Å². The summed E-state index contributed by atoms with van der Waals surface area (Å²) in [4.78, 5) is 10.1. The first-order chi connectivity index (χ1) is 13.8. The summed E-state index contributed by atoms with van der Waals surface area (Å²) >= 11 is 1.60. The molecule has 0 aliphatic carbocycles. The zero-order chi connectivity index (χ0) is 19.2. The number of hydrogen-bond acceptors (Lipinski definition) is 6. The van der Waals surface area contributed by atoms with Gasteiger partial charge in [-0.2, -0.15) is 0 Å². The van der Waals surface area contributed by atoms with Gasteiger partial charge >= 0.3 is 0 Å². The van der Waals surface area contributed by atoms with Gasteiger partial charge in [0, 0.05) is 24.7 Å². The van der Waals surface area contributed by atoms with Crippen molar-refractivity contribution in [3.8, 4) is 22.3 Å². The smallest absolute Gasteiger partial charge is 0.236 e. The van der Waals surface area contributed by atoms with Crippen LogP contribution in [0.3, 0.4) is 0 Å². The number of benzene rings is 1. The summed E-state index contributed by atoms with van der Waals surface area (Å²) in [5.74, 6) is 2.81. The van der Waals surface area contributed by atoms with Crippen LogP contribution < -0.4 is 20.1 Å². The minimum absolute atomic E-state index is 0. The van der Waals surface area contributed by atoms with Crippen molar-refractivity contribution >= 4 is 47.0 Å². The Labute approximate surface area is 190 Å². The van der Waals surface area contributed by atoms with Gasteiger partial charge in [-0.1, -0.05) is 6.07 Å². The highest BCUT2D eigenvalue weighted by molar-refractivity contribution is 14.0. The monoisotopic (exact) mass is 526 g/mol. The van der Waals surface area contributed by atoms with Crippen molar-refractivity contribution in [2.45, 2.75) is 19.9 Å². The molecule has 7 nitrogen and oxygen atoms in total. The normalized spacial score (nSPS) is 13.3. The largest absolute Gasteiger partial charge is 0.490 e. The van der Waals surface area contributed by atoms with Crippen LogP contribution in [-0.4, -0.2) is 30.7 Å². The molecule has 0 bridgehead atoms. The van der Waals surface area contributed by atoms with Crippen LogP contribution in [0.15, 0.2) is 51.4 Å². The zero-order valence-corrected chi connectivity index (χ0v) is 19.2. The molecule has 2 N–H and O–H groups in total. The molecular weight excluding hydrogens is 503 g/mol. The van der Waals surface area contributed by atoms with Crippen molar-refractivity contribution in [2.24, 2.45) is 4.99 Å². The topological polar surface area (TPSA) is 80.9 Å². The Hall–Kier alpha value is -2.27. The van der Waals surface area contributed by atoms with Crippen molar-refractivity contribution in [3.63, 3.8) is 0 Å². The lowest BCUT2D eigenvalue weighted by Gasteiger charge is -2.13. The molecule has 3 heterocycles. The Morgan fingerprint density at radius 1 is 1.21 bits per heavy atom. The van der Waals surface area contributed by atoms with Crippen molar-refractivity contribution < 1.29 is 13.9 Å². The molecule has 1 aromatic carbocycles. The molecule has 0 radical (unpaired) electrons. The van der Waals surface area contributed by atoms with Crippen molar-refractivity contribution in [3.05, 3.63) is 47.7 Å². The molecule has 154 valence electrons. The standard InChI is InChI=1S/C20H22N4O3S.HI/c1-2-21-20(22-12-15-13-27-19(23-15)18-5-3-10-28-18)24-14-6-7-16-17(11-14)26-9-4-8-25-16;/h3,5-7,10-11,13H,2,4,8-9,12H2,1H3,(H2,21,22,24);1H. The number of oxazole rings is 1. The molecule has 1 aliphatic heterocycles. The fraction of sp³-hybridized carbons (Fsp3) is 0.300. The lowest BCUT2D eigenvalue weighted by atomic mass is 10.3. The number of nitrogens with one attached hydrogen (secondary N) is 2. The highest BCUT2D eigenvalue weighted by Crippen LogP contribution is 2.32. The lowest BCUT2D eigenvalue weighted by Crippen LogP contribution is -2.30. The number of hydrogen-bond donors (Lipinski definition) is 2. The molecule has 2 aromatic heterocycles. The molecule has 4 rings (SSSR count). The third-order valence-corrected chi connectivity index (χ3v) is 4.90. The number of fused-ring (bicyclic) bond motifs is 1.